The summed E-state index contributed by atoms with van der Waals surface area (Å²) in [6.07, 6.45) is 3.51. The van der Waals surface area contributed by atoms with Crippen LogP contribution in [0.25, 0.3) is 0 Å². The number of methoxy groups -OCH3 is 1. The summed E-state index contributed by atoms with van der Waals surface area (Å²) in [6.45, 7) is 6.49. The molecule has 0 bridgehead atoms. The Labute approximate surface area is 143 Å². The van der Waals surface area contributed by atoms with Crippen LogP contribution in [-0.2, 0) is 6.54 Å². The SMILES string of the molecule is COc1ccccc1[C@@H](C)NC(=O)N(Cc1cccnc1)C(C)C. The molecular formula is C19H25N3O2. The number of benzene rings is 1. The van der Waals surface area contributed by atoms with E-state index < -0.39 is 0 Å². The van der Waals surface area contributed by atoms with Crippen LogP contribution in [0.15, 0.2) is 48.8 Å². The van der Waals surface area contributed by atoms with Gasteiger partial charge >= 0.3 is 6.03 Å². The van der Waals surface area contributed by atoms with E-state index in [1.165, 1.54) is 0 Å². The average Bonchev–Trinajstić information content (AvgIpc) is 2.60. The zero-order valence-electron chi connectivity index (χ0n) is 14.7. The van der Waals surface area contributed by atoms with Crippen molar-refractivity contribution >= 4 is 6.03 Å². The summed E-state index contributed by atoms with van der Waals surface area (Å²) in [5.41, 5.74) is 1.96. The molecule has 1 atom stereocenters. The van der Waals surface area contributed by atoms with Crippen LogP contribution in [0, 0.1) is 0 Å². The Morgan fingerprint density at radius 2 is 1.96 bits per heavy atom. The smallest absolute Gasteiger partial charge is 0.318 e. The van der Waals surface area contributed by atoms with Crippen molar-refractivity contribution in [2.45, 2.75) is 39.4 Å². The van der Waals surface area contributed by atoms with E-state index in [0.717, 1.165) is 16.9 Å². The van der Waals surface area contributed by atoms with Gasteiger partial charge in [-0.2, -0.15) is 0 Å². The monoisotopic (exact) mass is 327 g/mol. The van der Waals surface area contributed by atoms with Crippen LogP contribution in [0.1, 0.15) is 37.9 Å². The number of amides is 2. The Hall–Kier alpha value is -2.56. The highest BCUT2D eigenvalue weighted by Gasteiger charge is 2.21. The Kier molecular flexibility index (Phi) is 6.18. The number of aromatic nitrogens is 1. The second kappa shape index (κ2) is 8.34. The van der Waals surface area contributed by atoms with Crippen molar-refractivity contribution in [2.75, 3.05) is 7.11 Å². The summed E-state index contributed by atoms with van der Waals surface area (Å²) >= 11 is 0. The zero-order chi connectivity index (χ0) is 17.5. The number of hydrogen-bond acceptors (Lipinski definition) is 3. The molecule has 0 saturated carbocycles. The van der Waals surface area contributed by atoms with Crippen LogP contribution >= 0.6 is 0 Å². The third kappa shape index (κ3) is 4.47. The van der Waals surface area contributed by atoms with Gasteiger partial charge in [0, 0.05) is 30.5 Å². The molecule has 2 amide bonds. The van der Waals surface area contributed by atoms with Gasteiger partial charge in [0.15, 0.2) is 0 Å². The number of ether oxygens (including phenoxy) is 1. The maximum Gasteiger partial charge on any atom is 0.318 e. The number of rotatable bonds is 6. The Balaban J connectivity index is 2.10. The maximum atomic E-state index is 12.7. The summed E-state index contributed by atoms with van der Waals surface area (Å²) in [7, 11) is 1.64. The maximum absolute atomic E-state index is 12.7. The van der Waals surface area contributed by atoms with E-state index in [4.69, 9.17) is 4.74 Å². The van der Waals surface area contributed by atoms with Crippen molar-refractivity contribution < 1.29 is 9.53 Å². The lowest BCUT2D eigenvalue weighted by atomic mass is 10.1. The van der Waals surface area contributed by atoms with E-state index in [1.807, 2.05) is 57.2 Å². The molecule has 1 aromatic heterocycles. The third-order valence-corrected chi connectivity index (χ3v) is 3.91. The molecule has 2 aromatic rings. The fourth-order valence-corrected chi connectivity index (χ4v) is 2.55. The first-order valence-corrected chi connectivity index (χ1v) is 8.12. The number of hydrogen-bond donors (Lipinski definition) is 1. The fourth-order valence-electron chi connectivity index (χ4n) is 2.55. The van der Waals surface area contributed by atoms with E-state index in [0.29, 0.717) is 6.54 Å². The number of carbonyl (C=O) groups is 1. The van der Waals surface area contributed by atoms with Crippen molar-refractivity contribution in [3.05, 3.63) is 59.9 Å². The van der Waals surface area contributed by atoms with Crippen molar-refractivity contribution in [1.82, 2.24) is 15.2 Å². The average molecular weight is 327 g/mol. The molecule has 0 radical (unpaired) electrons. The van der Waals surface area contributed by atoms with E-state index in [-0.39, 0.29) is 18.1 Å². The van der Waals surface area contributed by atoms with Gasteiger partial charge in [0.05, 0.1) is 13.2 Å². The lowest BCUT2D eigenvalue weighted by molar-refractivity contribution is 0.176. The molecule has 0 spiro atoms. The van der Waals surface area contributed by atoms with Gasteiger partial charge in [-0.1, -0.05) is 24.3 Å². The summed E-state index contributed by atoms with van der Waals surface area (Å²) < 4.78 is 5.38. The second-order valence-electron chi connectivity index (χ2n) is 6.00. The topological polar surface area (TPSA) is 54.5 Å². The normalized spacial score (nSPS) is 11.9. The Morgan fingerprint density at radius 1 is 1.21 bits per heavy atom. The number of nitrogens with zero attached hydrogens (tertiary/aromatic N) is 2. The standard InChI is InChI=1S/C19H25N3O2/c1-14(2)22(13-16-8-7-11-20-12-16)19(23)21-15(3)17-9-5-6-10-18(17)24-4/h5-12,14-15H,13H2,1-4H3,(H,21,23)/t15-/m1/s1. The van der Waals surface area contributed by atoms with E-state index in [1.54, 1.807) is 24.4 Å². The van der Waals surface area contributed by atoms with E-state index in [2.05, 4.69) is 10.3 Å². The quantitative estimate of drug-likeness (QED) is 0.878. The molecule has 0 unspecified atom stereocenters. The highest BCUT2D eigenvalue weighted by Crippen LogP contribution is 2.24. The van der Waals surface area contributed by atoms with Crippen molar-refractivity contribution in [3.63, 3.8) is 0 Å². The molecule has 128 valence electrons. The first-order chi connectivity index (χ1) is 11.5. The zero-order valence-corrected chi connectivity index (χ0v) is 14.7. The molecule has 1 aromatic carbocycles. The molecule has 5 nitrogen and oxygen atoms in total. The van der Waals surface area contributed by atoms with Crippen LogP contribution in [0.5, 0.6) is 5.75 Å². The predicted octanol–water partition coefficient (Wildman–Crippen LogP) is 3.77. The number of pyridine rings is 1. The highest BCUT2D eigenvalue weighted by molar-refractivity contribution is 5.75. The number of carbonyl (C=O) groups excluding carboxylic acids is 1. The minimum Gasteiger partial charge on any atom is -0.496 e. The first-order valence-electron chi connectivity index (χ1n) is 8.12. The molecule has 0 saturated heterocycles. The molecule has 24 heavy (non-hydrogen) atoms. The lowest BCUT2D eigenvalue weighted by Gasteiger charge is -2.29. The largest absolute Gasteiger partial charge is 0.496 e. The minimum absolute atomic E-state index is 0.0788. The lowest BCUT2D eigenvalue weighted by Crippen LogP contribution is -2.44. The van der Waals surface area contributed by atoms with Crippen LogP contribution in [0.4, 0.5) is 4.79 Å². The first kappa shape index (κ1) is 17.8. The molecule has 0 aliphatic rings. The molecule has 0 aliphatic carbocycles. The van der Waals surface area contributed by atoms with Crippen molar-refractivity contribution in [3.8, 4) is 5.75 Å². The van der Waals surface area contributed by atoms with Crippen molar-refractivity contribution in [1.29, 1.82) is 0 Å². The summed E-state index contributed by atoms with van der Waals surface area (Å²) in [5, 5.41) is 3.06. The van der Waals surface area contributed by atoms with Gasteiger partial charge in [-0.15, -0.1) is 0 Å². The van der Waals surface area contributed by atoms with Crippen LogP contribution in [-0.4, -0.2) is 29.1 Å². The number of urea groups is 1. The van der Waals surface area contributed by atoms with E-state index in [9.17, 15) is 4.79 Å². The van der Waals surface area contributed by atoms with Gasteiger partial charge < -0.3 is 15.0 Å². The molecular weight excluding hydrogens is 302 g/mol. The summed E-state index contributed by atoms with van der Waals surface area (Å²) in [6, 6.07) is 11.4. The predicted molar refractivity (Wildman–Crippen MR) is 94.9 cm³/mol. The number of para-hydroxylation sites is 1. The Bertz CT molecular complexity index is 659. The minimum atomic E-state index is -0.149. The van der Waals surface area contributed by atoms with Gasteiger partial charge in [-0.25, -0.2) is 4.79 Å². The summed E-state index contributed by atoms with van der Waals surface area (Å²) in [5.74, 6) is 0.772. The second-order valence-corrected chi connectivity index (χ2v) is 6.00. The summed E-state index contributed by atoms with van der Waals surface area (Å²) in [4.78, 5) is 18.6. The highest BCUT2D eigenvalue weighted by atomic mass is 16.5. The molecule has 0 fully saturated rings. The van der Waals surface area contributed by atoms with Gasteiger partial charge in [0.2, 0.25) is 0 Å². The van der Waals surface area contributed by atoms with E-state index >= 15 is 0 Å². The molecule has 1 N–H and O–H groups in total. The van der Waals surface area contributed by atoms with Gasteiger partial charge in [0.1, 0.15) is 5.75 Å². The third-order valence-electron chi connectivity index (χ3n) is 3.91. The van der Waals surface area contributed by atoms with Gasteiger partial charge in [-0.3, -0.25) is 4.98 Å². The van der Waals surface area contributed by atoms with Gasteiger partial charge in [0.25, 0.3) is 0 Å². The van der Waals surface area contributed by atoms with Crippen molar-refractivity contribution in [2.24, 2.45) is 0 Å². The molecule has 2 rings (SSSR count). The number of nitrogens with one attached hydrogen (secondary N) is 1. The van der Waals surface area contributed by atoms with Crippen LogP contribution in [0.2, 0.25) is 0 Å². The van der Waals surface area contributed by atoms with Crippen LogP contribution in [0.3, 0.4) is 0 Å². The molecule has 0 aliphatic heterocycles. The van der Waals surface area contributed by atoms with Crippen LogP contribution < -0.4 is 10.1 Å². The van der Waals surface area contributed by atoms with Gasteiger partial charge in [-0.05, 0) is 38.5 Å². The fraction of sp³-hybridized carbons (Fsp3) is 0.368. The Morgan fingerprint density at radius 3 is 2.58 bits per heavy atom. The molecule has 1 heterocycles. The molecule has 5 heteroatoms.